The van der Waals surface area contributed by atoms with Gasteiger partial charge < -0.3 is 9.84 Å². The van der Waals surface area contributed by atoms with E-state index in [-0.39, 0.29) is 6.42 Å². The fourth-order valence-corrected chi connectivity index (χ4v) is 2.57. The fourth-order valence-electron chi connectivity index (χ4n) is 2.57. The molecule has 3 heteroatoms. The van der Waals surface area contributed by atoms with E-state index in [2.05, 4.69) is 36.4 Å². The minimum atomic E-state index is -0.846. The van der Waals surface area contributed by atoms with E-state index in [1.807, 2.05) is 42.5 Å². The molecule has 0 aliphatic heterocycles. The number of ether oxygens (including phenoxy) is 1. The Hall–Kier alpha value is -3.33. The van der Waals surface area contributed by atoms with Crippen LogP contribution in [0.1, 0.15) is 22.3 Å². The van der Waals surface area contributed by atoms with E-state index in [9.17, 15) is 4.79 Å². The quantitative estimate of drug-likeness (QED) is 0.609. The molecular formula is C23H20O3. The van der Waals surface area contributed by atoms with Gasteiger partial charge in [0, 0.05) is 0 Å². The van der Waals surface area contributed by atoms with Crippen LogP contribution in [0.5, 0.6) is 5.75 Å². The highest BCUT2D eigenvalue weighted by Crippen LogP contribution is 2.16. The Balaban J connectivity index is 1.58. The van der Waals surface area contributed by atoms with Gasteiger partial charge in [0.1, 0.15) is 12.4 Å². The van der Waals surface area contributed by atoms with Crippen LogP contribution in [0.4, 0.5) is 0 Å². The third-order valence-corrected chi connectivity index (χ3v) is 3.91. The highest BCUT2D eigenvalue weighted by Gasteiger charge is 2.02. The zero-order chi connectivity index (χ0) is 18.2. The summed E-state index contributed by atoms with van der Waals surface area (Å²) < 4.78 is 5.77. The van der Waals surface area contributed by atoms with Crippen LogP contribution >= 0.6 is 0 Å². The average molecular weight is 344 g/mol. The van der Waals surface area contributed by atoms with Gasteiger partial charge in [0.05, 0.1) is 6.42 Å². The Morgan fingerprint density at radius 2 is 1.50 bits per heavy atom. The van der Waals surface area contributed by atoms with Gasteiger partial charge in [-0.3, -0.25) is 4.79 Å². The molecule has 0 fully saturated rings. The van der Waals surface area contributed by atoms with Gasteiger partial charge in [-0.2, -0.15) is 0 Å². The van der Waals surface area contributed by atoms with Crippen LogP contribution < -0.4 is 4.74 Å². The Kier molecular flexibility index (Phi) is 5.84. The number of carbonyl (C=O) groups is 1. The second-order valence-corrected chi connectivity index (χ2v) is 5.99. The minimum absolute atomic E-state index is 0.000351. The predicted octanol–water partition coefficient (Wildman–Crippen LogP) is 5.06. The summed E-state index contributed by atoms with van der Waals surface area (Å²) in [6.07, 6.45) is 4.16. The Labute approximate surface area is 153 Å². The van der Waals surface area contributed by atoms with E-state index in [1.165, 1.54) is 5.56 Å². The monoisotopic (exact) mass is 344 g/mol. The number of carboxylic acid groups (broad SMARTS) is 1. The standard InChI is InChI=1S/C23H20O3/c24-23(25)16-21-7-4-8-22(15-21)26-17-20-13-11-19(12-14-20)10-9-18-5-2-1-3-6-18/h1-15H,16-17H2,(H,24,25). The maximum Gasteiger partial charge on any atom is 0.307 e. The summed E-state index contributed by atoms with van der Waals surface area (Å²) in [5, 5.41) is 8.86. The highest BCUT2D eigenvalue weighted by atomic mass is 16.5. The zero-order valence-electron chi connectivity index (χ0n) is 14.3. The summed E-state index contributed by atoms with van der Waals surface area (Å²) in [5.74, 6) is -0.168. The number of hydrogen-bond donors (Lipinski definition) is 1. The topological polar surface area (TPSA) is 46.5 Å². The van der Waals surface area contributed by atoms with E-state index < -0.39 is 5.97 Å². The predicted molar refractivity (Wildman–Crippen MR) is 104 cm³/mol. The molecule has 0 heterocycles. The molecule has 0 aliphatic carbocycles. The molecule has 0 spiro atoms. The molecule has 130 valence electrons. The van der Waals surface area contributed by atoms with Gasteiger partial charge in [-0.1, -0.05) is 78.9 Å². The maximum absolute atomic E-state index is 10.8. The van der Waals surface area contributed by atoms with E-state index in [0.717, 1.165) is 16.7 Å². The largest absolute Gasteiger partial charge is 0.489 e. The van der Waals surface area contributed by atoms with Gasteiger partial charge in [-0.05, 0) is 34.4 Å². The van der Waals surface area contributed by atoms with E-state index in [1.54, 1.807) is 12.1 Å². The van der Waals surface area contributed by atoms with Crippen molar-refractivity contribution in [2.75, 3.05) is 0 Å². The molecular weight excluding hydrogens is 324 g/mol. The van der Waals surface area contributed by atoms with Crippen LogP contribution in [-0.2, 0) is 17.8 Å². The van der Waals surface area contributed by atoms with Crippen LogP contribution in [0, 0.1) is 0 Å². The molecule has 0 saturated heterocycles. The number of carboxylic acids is 1. The van der Waals surface area contributed by atoms with Gasteiger partial charge in [0.15, 0.2) is 0 Å². The van der Waals surface area contributed by atoms with E-state index >= 15 is 0 Å². The Morgan fingerprint density at radius 1 is 0.808 bits per heavy atom. The van der Waals surface area contributed by atoms with Crippen molar-refractivity contribution in [3.05, 3.63) is 101 Å². The first kappa shape index (κ1) is 17.5. The third-order valence-electron chi connectivity index (χ3n) is 3.91. The smallest absolute Gasteiger partial charge is 0.307 e. The van der Waals surface area contributed by atoms with Crippen molar-refractivity contribution in [3.63, 3.8) is 0 Å². The molecule has 0 amide bonds. The summed E-state index contributed by atoms with van der Waals surface area (Å²) in [6.45, 7) is 0.444. The molecule has 0 radical (unpaired) electrons. The highest BCUT2D eigenvalue weighted by molar-refractivity contribution is 5.70. The van der Waals surface area contributed by atoms with Gasteiger partial charge in [-0.15, -0.1) is 0 Å². The van der Waals surface area contributed by atoms with Crippen molar-refractivity contribution >= 4 is 18.1 Å². The van der Waals surface area contributed by atoms with Crippen LogP contribution in [0.2, 0.25) is 0 Å². The van der Waals surface area contributed by atoms with Crippen LogP contribution in [0.25, 0.3) is 12.2 Å². The van der Waals surface area contributed by atoms with E-state index in [4.69, 9.17) is 9.84 Å². The second-order valence-electron chi connectivity index (χ2n) is 5.99. The van der Waals surface area contributed by atoms with Gasteiger partial charge in [0.2, 0.25) is 0 Å². The minimum Gasteiger partial charge on any atom is -0.489 e. The lowest BCUT2D eigenvalue weighted by atomic mass is 10.1. The zero-order valence-corrected chi connectivity index (χ0v) is 14.3. The van der Waals surface area contributed by atoms with Gasteiger partial charge >= 0.3 is 5.97 Å². The molecule has 3 rings (SSSR count). The summed E-state index contributed by atoms with van der Waals surface area (Å²) in [6, 6.07) is 25.6. The molecule has 26 heavy (non-hydrogen) atoms. The fraction of sp³-hybridized carbons (Fsp3) is 0.0870. The van der Waals surface area contributed by atoms with Gasteiger partial charge in [0.25, 0.3) is 0 Å². The number of aliphatic carboxylic acids is 1. The van der Waals surface area contributed by atoms with Crippen LogP contribution in [-0.4, -0.2) is 11.1 Å². The lowest BCUT2D eigenvalue weighted by Gasteiger charge is -2.08. The molecule has 3 aromatic carbocycles. The normalized spacial score (nSPS) is 10.8. The summed E-state index contributed by atoms with van der Waals surface area (Å²) in [5.41, 5.74) is 4.09. The Bertz CT molecular complexity index is 881. The molecule has 0 saturated carbocycles. The molecule has 0 bridgehead atoms. The number of benzene rings is 3. The van der Waals surface area contributed by atoms with Crippen molar-refractivity contribution in [3.8, 4) is 5.75 Å². The first-order chi connectivity index (χ1) is 12.7. The average Bonchev–Trinajstić information content (AvgIpc) is 2.66. The first-order valence-electron chi connectivity index (χ1n) is 8.45. The van der Waals surface area contributed by atoms with Crippen LogP contribution in [0.3, 0.4) is 0 Å². The number of hydrogen-bond acceptors (Lipinski definition) is 2. The molecule has 1 N–H and O–H groups in total. The molecule has 3 aromatic rings. The Morgan fingerprint density at radius 3 is 2.19 bits per heavy atom. The third kappa shape index (κ3) is 5.35. The molecule has 3 nitrogen and oxygen atoms in total. The second kappa shape index (κ2) is 8.67. The summed E-state index contributed by atoms with van der Waals surface area (Å²) in [4.78, 5) is 10.8. The molecule has 0 unspecified atom stereocenters. The van der Waals surface area contributed by atoms with Crippen molar-refractivity contribution in [2.45, 2.75) is 13.0 Å². The molecule has 0 aromatic heterocycles. The van der Waals surface area contributed by atoms with Crippen molar-refractivity contribution in [1.82, 2.24) is 0 Å². The van der Waals surface area contributed by atoms with Crippen molar-refractivity contribution in [1.29, 1.82) is 0 Å². The van der Waals surface area contributed by atoms with Crippen molar-refractivity contribution in [2.24, 2.45) is 0 Å². The van der Waals surface area contributed by atoms with Crippen molar-refractivity contribution < 1.29 is 14.6 Å². The van der Waals surface area contributed by atoms with Gasteiger partial charge in [-0.25, -0.2) is 0 Å². The lowest BCUT2D eigenvalue weighted by Crippen LogP contribution is -2.01. The van der Waals surface area contributed by atoms with E-state index in [0.29, 0.717) is 12.4 Å². The summed E-state index contributed by atoms with van der Waals surface area (Å²) >= 11 is 0. The molecule has 0 atom stereocenters. The lowest BCUT2D eigenvalue weighted by molar-refractivity contribution is -0.136. The molecule has 0 aliphatic rings. The van der Waals surface area contributed by atoms with Crippen LogP contribution in [0.15, 0.2) is 78.9 Å². The summed E-state index contributed by atoms with van der Waals surface area (Å²) in [7, 11) is 0. The number of rotatable bonds is 7. The first-order valence-corrected chi connectivity index (χ1v) is 8.45. The maximum atomic E-state index is 10.8. The SMILES string of the molecule is O=C(O)Cc1cccc(OCc2ccc(C=Cc3ccccc3)cc2)c1.